The van der Waals surface area contributed by atoms with Gasteiger partial charge in [-0.25, -0.2) is 0 Å². The Labute approximate surface area is 112 Å². The zero-order chi connectivity index (χ0) is 13.5. The van der Waals surface area contributed by atoms with Crippen LogP contribution in [-0.4, -0.2) is 52.0 Å². The fourth-order valence-corrected chi connectivity index (χ4v) is 3.14. The predicted molar refractivity (Wildman–Crippen MR) is 72.6 cm³/mol. The molecule has 0 spiro atoms. The Bertz CT molecular complexity index is 299. The van der Waals surface area contributed by atoms with E-state index >= 15 is 0 Å². The summed E-state index contributed by atoms with van der Waals surface area (Å²) < 4.78 is 0. The molecule has 1 rings (SSSR count). The zero-order valence-corrected chi connectivity index (χ0v) is 11.6. The SMILES string of the molecule is CCCC[C@H](N)C(=O)N1CCSCC1CC(=O)O. The number of rotatable bonds is 6. The fourth-order valence-electron chi connectivity index (χ4n) is 2.08. The number of unbranched alkanes of at least 4 members (excludes halogenated alkanes) is 1. The van der Waals surface area contributed by atoms with Crippen molar-refractivity contribution in [3.8, 4) is 0 Å². The summed E-state index contributed by atoms with van der Waals surface area (Å²) in [5.41, 5.74) is 5.88. The van der Waals surface area contributed by atoms with Gasteiger partial charge in [-0.1, -0.05) is 19.8 Å². The van der Waals surface area contributed by atoms with Crippen LogP contribution in [-0.2, 0) is 9.59 Å². The van der Waals surface area contributed by atoms with Crippen molar-refractivity contribution in [1.82, 2.24) is 4.90 Å². The highest BCUT2D eigenvalue weighted by atomic mass is 32.2. The van der Waals surface area contributed by atoms with E-state index in [1.165, 1.54) is 0 Å². The molecule has 18 heavy (non-hydrogen) atoms. The van der Waals surface area contributed by atoms with E-state index in [-0.39, 0.29) is 18.4 Å². The molecule has 1 amide bonds. The molecule has 0 bridgehead atoms. The Morgan fingerprint density at radius 2 is 2.28 bits per heavy atom. The van der Waals surface area contributed by atoms with E-state index in [0.717, 1.165) is 18.6 Å². The third-order valence-corrected chi connectivity index (χ3v) is 4.20. The van der Waals surface area contributed by atoms with E-state index in [4.69, 9.17) is 10.8 Å². The molecule has 1 fully saturated rings. The predicted octanol–water partition coefficient (Wildman–Crippen LogP) is 0.923. The van der Waals surface area contributed by atoms with Crippen molar-refractivity contribution >= 4 is 23.6 Å². The van der Waals surface area contributed by atoms with Gasteiger partial charge in [0.1, 0.15) is 0 Å². The van der Waals surface area contributed by atoms with Gasteiger partial charge < -0.3 is 15.7 Å². The lowest BCUT2D eigenvalue weighted by Crippen LogP contribution is -2.52. The van der Waals surface area contributed by atoms with Gasteiger partial charge in [-0.05, 0) is 6.42 Å². The quantitative estimate of drug-likeness (QED) is 0.752. The molecule has 0 aliphatic carbocycles. The highest BCUT2D eigenvalue weighted by Gasteiger charge is 2.31. The van der Waals surface area contributed by atoms with Crippen LogP contribution in [0.1, 0.15) is 32.6 Å². The lowest BCUT2D eigenvalue weighted by Gasteiger charge is -2.36. The molecule has 0 aromatic heterocycles. The first-order chi connectivity index (χ1) is 8.56. The van der Waals surface area contributed by atoms with Crippen molar-refractivity contribution in [2.75, 3.05) is 18.1 Å². The maximum absolute atomic E-state index is 12.2. The molecule has 3 N–H and O–H groups in total. The maximum Gasteiger partial charge on any atom is 0.305 e. The summed E-state index contributed by atoms with van der Waals surface area (Å²) in [5, 5.41) is 8.87. The Balaban J connectivity index is 2.58. The van der Waals surface area contributed by atoms with E-state index in [2.05, 4.69) is 6.92 Å². The highest BCUT2D eigenvalue weighted by Crippen LogP contribution is 2.20. The first-order valence-corrected chi connectivity index (χ1v) is 7.57. The van der Waals surface area contributed by atoms with Crippen LogP contribution in [0.3, 0.4) is 0 Å². The highest BCUT2D eigenvalue weighted by molar-refractivity contribution is 7.99. The monoisotopic (exact) mass is 274 g/mol. The van der Waals surface area contributed by atoms with Crippen LogP contribution in [0.4, 0.5) is 0 Å². The second-order valence-electron chi connectivity index (χ2n) is 4.61. The molecule has 0 radical (unpaired) electrons. The van der Waals surface area contributed by atoms with Crippen LogP contribution in [0.2, 0.25) is 0 Å². The van der Waals surface area contributed by atoms with Crippen molar-refractivity contribution in [2.45, 2.75) is 44.7 Å². The molecule has 1 aliphatic rings. The number of carbonyl (C=O) groups is 2. The number of amides is 1. The molecule has 5 nitrogen and oxygen atoms in total. The molecular formula is C12H22N2O3S. The molecule has 0 aromatic carbocycles. The van der Waals surface area contributed by atoms with Gasteiger partial charge in [0, 0.05) is 18.1 Å². The maximum atomic E-state index is 12.2. The number of hydrogen-bond donors (Lipinski definition) is 2. The Hall–Kier alpha value is -0.750. The van der Waals surface area contributed by atoms with Gasteiger partial charge in [0.25, 0.3) is 0 Å². The number of aliphatic carboxylic acids is 1. The number of nitrogens with zero attached hydrogens (tertiary/aromatic N) is 1. The van der Waals surface area contributed by atoms with Crippen LogP contribution < -0.4 is 5.73 Å². The van der Waals surface area contributed by atoms with Gasteiger partial charge >= 0.3 is 5.97 Å². The third-order valence-electron chi connectivity index (χ3n) is 3.11. The van der Waals surface area contributed by atoms with Gasteiger partial charge in [-0.15, -0.1) is 0 Å². The largest absolute Gasteiger partial charge is 0.481 e. The summed E-state index contributed by atoms with van der Waals surface area (Å²) in [5.74, 6) is 0.610. The molecule has 1 aliphatic heterocycles. The Morgan fingerprint density at radius 3 is 2.89 bits per heavy atom. The van der Waals surface area contributed by atoms with Gasteiger partial charge in [0.2, 0.25) is 5.91 Å². The third kappa shape index (κ3) is 4.49. The zero-order valence-electron chi connectivity index (χ0n) is 10.8. The number of carbonyl (C=O) groups excluding carboxylic acids is 1. The summed E-state index contributed by atoms with van der Waals surface area (Å²) in [6.45, 7) is 2.67. The molecule has 1 saturated heterocycles. The summed E-state index contributed by atoms with van der Waals surface area (Å²) >= 11 is 1.70. The second-order valence-corrected chi connectivity index (χ2v) is 5.76. The summed E-state index contributed by atoms with van der Waals surface area (Å²) in [6, 6.07) is -0.689. The number of thioether (sulfide) groups is 1. The number of hydrogen-bond acceptors (Lipinski definition) is 4. The first-order valence-electron chi connectivity index (χ1n) is 6.41. The topological polar surface area (TPSA) is 83.6 Å². The molecule has 104 valence electrons. The van der Waals surface area contributed by atoms with Crippen LogP contribution >= 0.6 is 11.8 Å². The molecule has 0 saturated carbocycles. The molecule has 6 heteroatoms. The molecule has 1 unspecified atom stereocenters. The first kappa shape index (κ1) is 15.3. The standard InChI is InChI=1S/C12H22N2O3S/c1-2-3-4-10(13)12(17)14-5-6-18-8-9(14)7-11(15)16/h9-10H,2-8,13H2,1H3,(H,15,16)/t9?,10-/m0/s1. The minimum atomic E-state index is -0.859. The Morgan fingerprint density at radius 1 is 1.56 bits per heavy atom. The average molecular weight is 274 g/mol. The summed E-state index contributed by atoms with van der Waals surface area (Å²) in [4.78, 5) is 24.7. The number of carboxylic acids is 1. The lowest BCUT2D eigenvalue weighted by molar-refractivity contribution is -0.140. The van der Waals surface area contributed by atoms with Crippen molar-refractivity contribution in [3.63, 3.8) is 0 Å². The van der Waals surface area contributed by atoms with Crippen molar-refractivity contribution in [1.29, 1.82) is 0 Å². The molecule has 0 aromatic rings. The van der Waals surface area contributed by atoms with Gasteiger partial charge in [0.15, 0.2) is 0 Å². The van der Waals surface area contributed by atoms with Gasteiger partial charge in [-0.3, -0.25) is 9.59 Å². The van der Waals surface area contributed by atoms with Gasteiger partial charge in [0.05, 0.1) is 18.5 Å². The van der Waals surface area contributed by atoms with E-state index < -0.39 is 12.0 Å². The van der Waals surface area contributed by atoms with E-state index in [1.54, 1.807) is 16.7 Å². The fraction of sp³-hybridized carbons (Fsp3) is 0.833. The van der Waals surface area contributed by atoms with Crippen molar-refractivity contribution in [2.24, 2.45) is 5.73 Å². The minimum absolute atomic E-state index is 0.0131. The Kier molecular flexibility index (Phi) is 6.49. The second kappa shape index (κ2) is 7.63. The van der Waals surface area contributed by atoms with Crippen molar-refractivity contribution < 1.29 is 14.7 Å². The van der Waals surface area contributed by atoms with Crippen LogP contribution in [0.5, 0.6) is 0 Å². The van der Waals surface area contributed by atoms with E-state index in [9.17, 15) is 9.59 Å². The lowest BCUT2D eigenvalue weighted by atomic mass is 10.1. The number of carboxylic acid groups (broad SMARTS) is 1. The number of nitrogens with two attached hydrogens (primary N) is 1. The average Bonchev–Trinajstić information content (AvgIpc) is 2.35. The smallest absolute Gasteiger partial charge is 0.305 e. The molecule has 1 heterocycles. The minimum Gasteiger partial charge on any atom is -0.481 e. The van der Waals surface area contributed by atoms with Crippen molar-refractivity contribution in [3.05, 3.63) is 0 Å². The van der Waals surface area contributed by atoms with Gasteiger partial charge in [-0.2, -0.15) is 11.8 Å². The van der Waals surface area contributed by atoms with Crippen LogP contribution in [0, 0.1) is 0 Å². The summed E-state index contributed by atoms with van der Waals surface area (Å²) in [7, 11) is 0. The van der Waals surface area contributed by atoms with Crippen LogP contribution in [0.25, 0.3) is 0 Å². The summed E-state index contributed by atoms with van der Waals surface area (Å²) in [6.07, 6.45) is 2.63. The normalized spacial score (nSPS) is 21.7. The van der Waals surface area contributed by atoms with Crippen LogP contribution in [0.15, 0.2) is 0 Å². The molecule has 2 atom stereocenters. The van der Waals surface area contributed by atoms with E-state index in [1.807, 2.05) is 0 Å². The molecular weight excluding hydrogens is 252 g/mol. The van der Waals surface area contributed by atoms with E-state index in [0.29, 0.717) is 18.7 Å².